The van der Waals surface area contributed by atoms with Gasteiger partial charge >= 0.3 is 0 Å². The Kier molecular flexibility index (Phi) is 13.9. The van der Waals surface area contributed by atoms with Crippen LogP contribution < -0.4 is 10.6 Å². The van der Waals surface area contributed by atoms with Crippen LogP contribution in [0.3, 0.4) is 0 Å². The third-order valence-electron chi connectivity index (χ3n) is 1.72. The van der Waals surface area contributed by atoms with Gasteiger partial charge < -0.3 is 15.7 Å². The van der Waals surface area contributed by atoms with Gasteiger partial charge in [-0.25, -0.2) is 0 Å². The van der Waals surface area contributed by atoms with Gasteiger partial charge in [0, 0.05) is 19.6 Å². The number of aliphatic imine (C=N–C) groups is 1. The SMILES string of the molecule is CCNC(=NCCC(C)C)NCCO.I. The Morgan fingerprint density at radius 3 is 2.47 bits per heavy atom. The van der Waals surface area contributed by atoms with Crippen LogP contribution in [0.15, 0.2) is 4.99 Å². The minimum absolute atomic E-state index is 0. The molecular formula is C10H24IN3O. The molecule has 0 aromatic heterocycles. The maximum absolute atomic E-state index is 8.65. The van der Waals surface area contributed by atoms with Crippen molar-refractivity contribution in [3.8, 4) is 0 Å². The fraction of sp³-hybridized carbons (Fsp3) is 0.900. The summed E-state index contributed by atoms with van der Waals surface area (Å²) in [7, 11) is 0. The van der Waals surface area contributed by atoms with Gasteiger partial charge in [-0.1, -0.05) is 13.8 Å². The van der Waals surface area contributed by atoms with E-state index in [0.717, 1.165) is 25.5 Å². The Morgan fingerprint density at radius 1 is 1.33 bits per heavy atom. The van der Waals surface area contributed by atoms with E-state index in [2.05, 4.69) is 29.5 Å². The molecule has 15 heavy (non-hydrogen) atoms. The lowest BCUT2D eigenvalue weighted by Gasteiger charge is -2.10. The third-order valence-corrected chi connectivity index (χ3v) is 1.72. The van der Waals surface area contributed by atoms with E-state index in [0.29, 0.717) is 12.5 Å². The van der Waals surface area contributed by atoms with Gasteiger partial charge in [0.05, 0.1) is 6.61 Å². The molecular weight excluding hydrogens is 305 g/mol. The second kappa shape index (κ2) is 12.0. The summed E-state index contributed by atoms with van der Waals surface area (Å²) in [5.74, 6) is 1.47. The number of nitrogens with one attached hydrogen (secondary N) is 2. The zero-order valence-electron chi connectivity index (χ0n) is 9.92. The van der Waals surface area contributed by atoms with Crippen LogP contribution >= 0.6 is 24.0 Å². The van der Waals surface area contributed by atoms with E-state index in [1.807, 2.05) is 6.92 Å². The summed E-state index contributed by atoms with van der Waals surface area (Å²) in [4.78, 5) is 4.37. The van der Waals surface area contributed by atoms with Crippen molar-refractivity contribution in [3.05, 3.63) is 0 Å². The molecule has 3 N–H and O–H groups in total. The standard InChI is InChI=1S/C10H23N3O.HI/c1-4-11-10(13-7-8-14)12-6-5-9(2)3;/h9,14H,4-8H2,1-3H3,(H2,11,12,13);1H. The number of hydrogen-bond donors (Lipinski definition) is 3. The number of halogens is 1. The van der Waals surface area contributed by atoms with Gasteiger partial charge in [-0.05, 0) is 19.3 Å². The van der Waals surface area contributed by atoms with Crippen LogP contribution in [0.1, 0.15) is 27.2 Å². The largest absolute Gasteiger partial charge is 0.395 e. The molecule has 92 valence electrons. The molecule has 0 aliphatic heterocycles. The first kappa shape index (κ1) is 17.4. The first-order valence-corrected chi connectivity index (χ1v) is 5.33. The summed E-state index contributed by atoms with van der Waals surface area (Å²) in [6, 6.07) is 0. The second-order valence-electron chi connectivity index (χ2n) is 3.59. The number of aliphatic hydroxyl groups excluding tert-OH is 1. The molecule has 0 aliphatic rings. The maximum Gasteiger partial charge on any atom is 0.191 e. The quantitative estimate of drug-likeness (QED) is 0.390. The monoisotopic (exact) mass is 329 g/mol. The molecule has 0 rings (SSSR count). The third kappa shape index (κ3) is 11.9. The van der Waals surface area contributed by atoms with Gasteiger partial charge in [0.1, 0.15) is 0 Å². The summed E-state index contributed by atoms with van der Waals surface area (Å²) < 4.78 is 0. The second-order valence-corrected chi connectivity index (χ2v) is 3.59. The summed E-state index contributed by atoms with van der Waals surface area (Å²) >= 11 is 0. The Morgan fingerprint density at radius 2 is 2.00 bits per heavy atom. The summed E-state index contributed by atoms with van der Waals surface area (Å²) in [6.07, 6.45) is 1.09. The number of hydrogen-bond acceptors (Lipinski definition) is 2. The number of nitrogens with zero attached hydrogens (tertiary/aromatic N) is 1. The van der Waals surface area contributed by atoms with Crippen molar-refractivity contribution in [3.63, 3.8) is 0 Å². The molecule has 0 atom stereocenters. The first-order chi connectivity index (χ1) is 6.70. The van der Waals surface area contributed by atoms with Crippen molar-refractivity contribution in [1.29, 1.82) is 0 Å². The lowest BCUT2D eigenvalue weighted by atomic mass is 10.1. The van der Waals surface area contributed by atoms with Gasteiger partial charge in [-0.3, -0.25) is 4.99 Å². The van der Waals surface area contributed by atoms with Crippen LogP contribution in [0.2, 0.25) is 0 Å². The average molecular weight is 329 g/mol. The van der Waals surface area contributed by atoms with E-state index in [1.54, 1.807) is 0 Å². The van der Waals surface area contributed by atoms with Crippen LogP contribution in [0.4, 0.5) is 0 Å². The van der Waals surface area contributed by atoms with E-state index in [1.165, 1.54) is 0 Å². The number of rotatable bonds is 6. The van der Waals surface area contributed by atoms with Crippen molar-refractivity contribution >= 4 is 29.9 Å². The molecule has 0 aromatic carbocycles. The molecule has 0 saturated carbocycles. The molecule has 0 fully saturated rings. The molecule has 0 radical (unpaired) electrons. The van der Waals surface area contributed by atoms with Crippen LogP contribution in [0.25, 0.3) is 0 Å². The van der Waals surface area contributed by atoms with Gasteiger partial charge in [0.2, 0.25) is 0 Å². The summed E-state index contributed by atoms with van der Waals surface area (Å²) in [5.41, 5.74) is 0. The van der Waals surface area contributed by atoms with E-state index in [9.17, 15) is 0 Å². The normalized spacial score (nSPS) is 11.1. The molecule has 0 aliphatic carbocycles. The Labute approximate surface area is 110 Å². The van der Waals surface area contributed by atoms with Crippen molar-refractivity contribution in [1.82, 2.24) is 10.6 Å². The number of aliphatic hydroxyl groups is 1. The molecule has 0 unspecified atom stereocenters. The van der Waals surface area contributed by atoms with Crippen LogP contribution in [-0.4, -0.2) is 37.3 Å². The average Bonchev–Trinajstić information content (AvgIpc) is 2.13. The topological polar surface area (TPSA) is 56.7 Å². The zero-order valence-corrected chi connectivity index (χ0v) is 12.2. The number of guanidine groups is 1. The molecule has 0 saturated heterocycles. The minimum atomic E-state index is 0. The Balaban J connectivity index is 0. The van der Waals surface area contributed by atoms with Crippen molar-refractivity contribution in [2.45, 2.75) is 27.2 Å². The Hall–Kier alpha value is -0.0400. The molecule has 0 heterocycles. The van der Waals surface area contributed by atoms with Crippen LogP contribution in [0.5, 0.6) is 0 Å². The van der Waals surface area contributed by atoms with E-state index in [4.69, 9.17) is 5.11 Å². The fourth-order valence-electron chi connectivity index (χ4n) is 0.951. The van der Waals surface area contributed by atoms with Gasteiger partial charge in [-0.15, -0.1) is 24.0 Å². The van der Waals surface area contributed by atoms with Gasteiger partial charge in [0.25, 0.3) is 0 Å². The minimum Gasteiger partial charge on any atom is -0.395 e. The highest BCUT2D eigenvalue weighted by atomic mass is 127. The van der Waals surface area contributed by atoms with Crippen LogP contribution in [-0.2, 0) is 0 Å². The smallest absolute Gasteiger partial charge is 0.191 e. The van der Waals surface area contributed by atoms with E-state index < -0.39 is 0 Å². The van der Waals surface area contributed by atoms with Crippen molar-refractivity contribution in [2.24, 2.45) is 10.9 Å². The van der Waals surface area contributed by atoms with Crippen LogP contribution in [0, 0.1) is 5.92 Å². The molecule has 5 heteroatoms. The molecule has 0 aromatic rings. The maximum atomic E-state index is 8.65. The lowest BCUT2D eigenvalue weighted by molar-refractivity contribution is 0.300. The van der Waals surface area contributed by atoms with E-state index in [-0.39, 0.29) is 30.6 Å². The zero-order chi connectivity index (χ0) is 10.8. The van der Waals surface area contributed by atoms with Gasteiger partial charge in [-0.2, -0.15) is 0 Å². The summed E-state index contributed by atoms with van der Waals surface area (Å²) in [5, 5.41) is 14.8. The van der Waals surface area contributed by atoms with Crippen molar-refractivity contribution < 1.29 is 5.11 Å². The lowest BCUT2D eigenvalue weighted by Crippen LogP contribution is -2.38. The predicted molar refractivity (Wildman–Crippen MR) is 75.9 cm³/mol. The summed E-state index contributed by atoms with van der Waals surface area (Å²) in [6.45, 7) is 8.76. The molecule has 0 bridgehead atoms. The fourth-order valence-corrected chi connectivity index (χ4v) is 0.951. The van der Waals surface area contributed by atoms with E-state index >= 15 is 0 Å². The highest BCUT2D eigenvalue weighted by Gasteiger charge is 1.96. The molecule has 0 spiro atoms. The van der Waals surface area contributed by atoms with Gasteiger partial charge in [0.15, 0.2) is 5.96 Å². The predicted octanol–water partition coefficient (Wildman–Crippen LogP) is 1.20. The highest BCUT2D eigenvalue weighted by Crippen LogP contribution is 1.98. The van der Waals surface area contributed by atoms with Crippen molar-refractivity contribution in [2.75, 3.05) is 26.2 Å². The highest BCUT2D eigenvalue weighted by molar-refractivity contribution is 14.0. The molecule has 4 nitrogen and oxygen atoms in total. The molecule has 0 amide bonds. The Bertz CT molecular complexity index is 163. The first-order valence-electron chi connectivity index (χ1n) is 5.33.